The second-order valence-electron chi connectivity index (χ2n) is 2.11. The Balaban J connectivity index is 0.000000292. The van der Waals surface area contributed by atoms with Crippen molar-refractivity contribution in [2.24, 2.45) is 0 Å². The maximum absolute atomic E-state index is 10.4. The highest BCUT2D eigenvalue weighted by Crippen LogP contribution is 2.10. The van der Waals surface area contributed by atoms with E-state index >= 15 is 0 Å². The molecule has 11 heavy (non-hydrogen) atoms. The van der Waals surface area contributed by atoms with Gasteiger partial charge in [-0.3, -0.25) is 4.79 Å². The monoisotopic (exact) mass is 188 g/mol. The molecule has 1 aliphatic heterocycles. The normalized spacial score (nSPS) is 15.8. The van der Waals surface area contributed by atoms with Gasteiger partial charge < -0.3 is 0 Å². The average Bonchev–Trinajstić information content (AvgIpc) is 1.97. The van der Waals surface area contributed by atoms with E-state index in [0.29, 0.717) is 5.75 Å². The topological polar surface area (TPSA) is 17.1 Å². The minimum Gasteiger partial charge on any atom is -0.294 e. The lowest BCUT2D eigenvalue weighted by Crippen LogP contribution is -2.03. The Morgan fingerprint density at radius 3 is 2.36 bits per heavy atom. The Labute approximate surface area is 77.2 Å². The van der Waals surface area contributed by atoms with Crippen LogP contribution in [0, 0.1) is 0 Å². The van der Waals surface area contributed by atoms with Crippen LogP contribution in [-0.4, -0.2) is 15.7 Å². The molecule has 0 aromatic heterocycles. The zero-order chi connectivity index (χ0) is 8.69. The van der Waals surface area contributed by atoms with Crippen LogP contribution >= 0.6 is 24.0 Å². The first-order valence-corrected chi connectivity index (χ1v) is 4.97. The Bertz CT molecular complexity index is 155. The Kier molecular flexibility index (Phi) is 6.46. The van der Waals surface area contributed by atoms with Crippen LogP contribution in [0.15, 0.2) is 12.2 Å². The summed E-state index contributed by atoms with van der Waals surface area (Å²) in [5.41, 5.74) is 0. The first-order chi connectivity index (χ1) is 5.20. The lowest BCUT2D eigenvalue weighted by molar-refractivity contribution is -0.112. The minimum absolute atomic E-state index is 0.156. The highest BCUT2D eigenvalue weighted by atomic mass is 32.2. The van der Waals surface area contributed by atoms with E-state index < -0.39 is 0 Å². The van der Waals surface area contributed by atoms with Gasteiger partial charge in [0.15, 0.2) is 5.78 Å². The summed E-state index contributed by atoms with van der Waals surface area (Å²) in [4.78, 5) is 10.4. The van der Waals surface area contributed by atoms with E-state index in [0.717, 1.165) is 4.20 Å². The molecule has 0 saturated carbocycles. The molecule has 0 saturated heterocycles. The molecule has 0 N–H and O–H groups in total. The predicted molar refractivity (Wildman–Crippen MR) is 55.2 cm³/mol. The molecular formula is C8H12OS2. The fraction of sp³-hybridized carbons (Fsp3) is 0.500. The van der Waals surface area contributed by atoms with Gasteiger partial charge >= 0.3 is 0 Å². The van der Waals surface area contributed by atoms with Crippen molar-refractivity contribution in [2.45, 2.75) is 20.3 Å². The fourth-order valence-electron chi connectivity index (χ4n) is 0.399. The molecule has 62 valence electrons. The molecule has 1 heterocycles. The zero-order valence-corrected chi connectivity index (χ0v) is 8.43. The van der Waals surface area contributed by atoms with Crippen molar-refractivity contribution in [3.8, 4) is 0 Å². The molecule has 0 amide bonds. The molecule has 0 atom stereocenters. The van der Waals surface area contributed by atoms with Gasteiger partial charge in [-0.2, -0.15) is 0 Å². The van der Waals surface area contributed by atoms with Gasteiger partial charge in [0.25, 0.3) is 0 Å². The number of ketones is 1. The third kappa shape index (κ3) is 6.26. The second kappa shape index (κ2) is 6.55. The molecule has 0 unspecified atom stereocenters. The van der Waals surface area contributed by atoms with Gasteiger partial charge in [-0.05, 0) is 12.2 Å². The van der Waals surface area contributed by atoms with E-state index in [1.54, 1.807) is 6.08 Å². The summed E-state index contributed by atoms with van der Waals surface area (Å²) >= 11 is 6.20. The van der Waals surface area contributed by atoms with Crippen LogP contribution in [0.3, 0.4) is 0 Å². The Morgan fingerprint density at radius 2 is 2.09 bits per heavy atom. The van der Waals surface area contributed by atoms with Crippen molar-refractivity contribution in [3.63, 3.8) is 0 Å². The van der Waals surface area contributed by atoms with Crippen LogP contribution in [0.25, 0.3) is 0 Å². The quantitative estimate of drug-likeness (QED) is 0.544. The van der Waals surface area contributed by atoms with Crippen molar-refractivity contribution in [1.82, 2.24) is 0 Å². The number of thioether (sulfide) groups is 1. The zero-order valence-electron chi connectivity index (χ0n) is 6.79. The van der Waals surface area contributed by atoms with Crippen molar-refractivity contribution < 1.29 is 4.79 Å². The third-order valence-electron chi connectivity index (χ3n) is 0.762. The smallest absolute Gasteiger partial charge is 0.166 e. The summed E-state index contributed by atoms with van der Waals surface area (Å²) in [6, 6.07) is 0. The number of thiocarbonyl (C=S) groups is 1. The largest absolute Gasteiger partial charge is 0.294 e. The van der Waals surface area contributed by atoms with Crippen LogP contribution in [0.2, 0.25) is 0 Å². The highest BCUT2D eigenvalue weighted by molar-refractivity contribution is 8.24. The second-order valence-corrected chi connectivity index (χ2v) is 3.83. The molecule has 0 spiro atoms. The van der Waals surface area contributed by atoms with Gasteiger partial charge in [-0.15, -0.1) is 11.8 Å². The first kappa shape index (κ1) is 10.8. The maximum atomic E-state index is 10.4. The molecule has 3 heteroatoms. The summed E-state index contributed by atoms with van der Waals surface area (Å²) in [7, 11) is 0. The summed E-state index contributed by atoms with van der Waals surface area (Å²) in [5, 5.41) is 0. The highest BCUT2D eigenvalue weighted by Gasteiger charge is 2.04. The van der Waals surface area contributed by atoms with Crippen LogP contribution in [0.1, 0.15) is 20.3 Å². The van der Waals surface area contributed by atoms with Crippen LogP contribution in [-0.2, 0) is 4.79 Å². The fourth-order valence-corrected chi connectivity index (χ4v) is 1.19. The van der Waals surface area contributed by atoms with E-state index in [1.165, 1.54) is 24.3 Å². The lowest BCUT2D eigenvalue weighted by Gasteiger charge is -1.99. The van der Waals surface area contributed by atoms with E-state index in [2.05, 4.69) is 13.8 Å². The van der Waals surface area contributed by atoms with Crippen molar-refractivity contribution in [1.29, 1.82) is 0 Å². The van der Waals surface area contributed by atoms with E-state index in [-0.39, 0.29) is 5.78 Å². The molecule has 0 aliphatic carbocycles. The van der Waals surface area contributed by atoms with Gasteiger partial charge in [0.2, 0.25) is 0 Å². The van der Waals surface area contributed by atoms with Crippen molar-refractivity contribution in [3.05, 3.63) is 12.2 Å². The van der Waals surface area contributed by atoms with Crippen molar-refractivity contribution >= 4 is 34.0 Å². The Morgan fingerprint density at radius 1 is 1.55 bits per heavy atom. The number of hydrogen-bond acceptors (Lipinski definition) is 3. The molecule has 0 radical (unpaired) electrons. The average molecular weight is 188 g/mol. The molecule has 1 nitrogen and oxygen atoms in total. The summed E-state index contributed by atoms with van der Waals surface area (Å²) in [5.74, 6) is 0.679. The van der Waals surface area contributed by atoms with E-state index in [1.807, 2.05) is 0 Å². The van der Waals surface area contributed by atoms with Crippen LogP contribution in [0.4, 0.5) is 0 Å². The van der Waals surface area contributed by atoms with Gasteiger partial charge in [0.1, 0.15) is 0 Å². The predicted octanol–water partition coefficient (Wildman–Crippen LogP) is 2.60. The number of carbonyl (C=O) groups excluding carboxylic acids is 1. The maximum Gasteiger partial charge on any atom is 0.166 e. The van der Waals surface area contributed by atoms with Gasteiger partial charge in [-0.1, -0.05) is 32.5 Å². The molecule has 0 fully saturated rings. The molecule has 1 aliphatic rings. The first-order valence-electron chi connectivity index (χ1n) is 3.58. The summed E-state index contributed by atoms with van der Waals surface area (Å²) < 4.78 is 0.810. The molecular weight excluding hydrogens is 176 g/mol. The van der Waals surface area contributed by atoms with Crippen molar-refractivity contribution in [2.75, 3.05) is 5.75 Å². The number of carbonyl (C=O) groups is 1. The number of allylic oxidation sites excluding steroid dienone is 1. The SMILES string of the molecule is CCC.O=C1C=CC(=S)SC1. The van der Waals surface area contributed by atoms with Crippen LogP contribution in [0.5, 0.6) is 0 Å². The van der Waals surface area contributed by atoms with Gasteiger partial charge in [0.05, 0.1) is 9.95 Å². The summed E-state index contributed by atoms with van der Waals surface area (Å²) in [6.45, 7) is 4.25. The van der Waals surface area contributed by atoms with Crippen LogP contribution < -0.4 is 0 Å². The number of rotatable bonds is 0. The van der Waals surface area contributed by atoms with E-state index in [4.69, 9.17) is 12.2 Å². The number of hydrogen-bond donors (Lipinski definition) is 0. The van der Waals surface area contributed by atoms with E-state index in [9.17, 15) is 4.79 Å². The molecule has 0 aromatic carbocycles. The standard InChI is InChI=1S/C5H4OS2.C3H8/c6-4-1-2-5(7)8-3-4;1-3-2/h1-2H,3H2;3H2,1-2H3. The lowest BCUT2D eigenvalue weighted by atomic mass is 10.4. The van der Waals surface area contributed by atoms with Gasteiger partial charge in [0, 0.05) is 0 Å². The molecule has 0 bridgehead atoms. The molecule has 1 rings (SSSR count). The third-order valence-corrected chi connectivity index (χ3v) is 2.10. The molecule has 0 aromatic rings. The van der Waals surface area contributed by atoms with Gasteiger partial charge in [-0.25, -0.2) is 0 Å². The Hall–Kier alpha value is -0.150. The minimum atomic E-state index is 0.156. The summed E-state index contributed by atoms with van der Waals surface area (Å²) in [6.07, 6.45) is 4.45.